The molecule has 5 rings (SSSR count). The van der Waals surface area contributed by atoms with Crippen LogP contribution < -0.4 is 5.73 Å². The zero-order valence-corrected chi connectivity index (χ0v) is 22.7. The molecule has 4 N–H and O–H groups in total. The monoisotopic (exact) mass is 559 g/mol. The summed E-state index contributed by atoms with van der Waals surface area (Å²) in [4.78, 5) is 38.5. The lowest BCUT2D eigenvalue weighted by Gasteiger charge is -2.38. The van der Waals surface area contributed by atoms with Crippen molar-refractivity contribution in [1.29, 1.82) is 5.41 Å². The van der Waals surface area contributed by atoms with Crippen molar-refractivity contribution in [2.24, 2.45) is 5.73 Å². The number of ether oxygens (including phenoxy) is 1. The molecule has 38 heavy (non-hydrogen) atoms. The van der Waals surface area contributed by atoms with E-state index in [-0.39, 0.29) is 37.1 Å². The fourth-order valence-corrected chi connectivity index (χ4v) is 7.35. The van der Waals surface area contributed by atoms with Gasteiger partial charge in [-0.25, -0.2) is 18.2 Å². The Morgan fingerprint density at radius 1 is 1.26 bits per heavy atom. The number of sulfonamides is 1. The number of amides is 1. The normalized spacial score (nSPS) is 18.9. The molecule has 1 saturated heterocycles. The fraction of sp³-hybridized carbons (Fsp3) is 0.417. The molecule has 14 heteroatoms. The number of thiazole rings is 1. The first-order valence-electron chi connectivity index (χ1n) is 12.2. The van der Waals surface area contributed by atoms with Crippen LogP contribution in [-0.2, 0) is 32.5 Å². The van der Waals surface area contributed by atoms with Gasteiger partial charge in [0.25, 0.3) is 15.9 Å². The molecular weight excluding hydrogens is 530 g/mol. The number of fused-ring (bicyclic) bond motifs is 2. The maximum atomic E-state index is 13.6. The van der Waals surface area contributed by atoms with E-state index in [0.717, 1.165) is 23.5 Å². The van der Waals surface area contributed by atoms with Crippen LogP contribution >= 0.6 is 11.3 Å². The van der Waals surface area contributed by atoms with E-state index in [0.29, 0.717) is 28.0 Å². The van der Waals surface area contributed by atoms with Crippen molar-refractivity contribution in [2.75, 3.05) is 39.8 Å². The molecule has 0 radical (unpaired) electrons. The number of nitrogen functional groups attached to an aromatic ring is 1. The highest BCUT2D eigenvalue weighted by atomic mass is 32.2. The van der Waals surface area contributed by atoms with E-state index in [4.69, 9.17) is 15.9 Å². The average Bonchev–Trinajstić information content (AvgIpc) is 3.52. The molecule has 1 fully saturated rings. The molecule has 2 aromatic heterocycles. The smallest absolute Gasteiger partial charge is 0.330 e. The number of piperazine rings is 1. The Labute approximate surface area is 223 Å². The maximum absolute atomic E-state index is 13.6. The van der Waals surface area contributed by atoms with Gasteiger partial charge in [-0.2, -0.15) is 4.31 Å². The third kappa shape index (κ3) is 4.79. The molecular formula is C24H29N7O5S2. The first kappa shape index (κ1) is 26.3. The van der Waals surface area contributed by atoms with Crippen LogP contribution in [0.4, 0.5) is 0 Å². The predicted molar refractivity (Wildman–Crippen MR) is 142 cm³/mol. The Bertz CT molecular complexity index is 1530. The van der Waals surface area contributed by atoms with Crippen LogP contribution in [0.5, 0.6) is 0 Å². The number of hydrogen-bond acceptors (Lipinski definition) is 9. The van der Waals surface area contributed by atoms with Crippen LogP contribution in [0.1, 0.15) is 32.9 Å². The second-order valence-electron chi connectivity index (χ2n) is 9.36. The number of esters is 1. The second kappa shape index (κ2) is 10.1. The van der Waals surface area contributed by atoms with Crippen molar-refractivity contribution < 1.29 is 22.7 Å². The molecule has 0 saturated carbocycles. The van der Waals surface area contributed by atoms with Crippen LogP contribution in [0.2, 0.25) is 0 Å². The first-order valence-corrected chi connectivity index (χ1v) is 14.5. The lowest BCUT2D eigenvalue weighted by atomic mass is 10.1. The van der Waals surface area contributed by atoms with Gasteiger partial charge in [0.1, 0.15) is 16.9 Å². The Morgan fingerprint density at radius 2 is 2.05 bits per heavy atom. The molecule has 202 valence electrons. The minimum absolute atomic E-state index is 0.00582. The minimum atomic E-state index is -4.03. The fourth-order valence-electron chi connectivity index (χ4n) is 4.75. The lowest BCUT2D eigenvalue weighted by molar-refractivity contribution is -0.149. The van der Waals surface area contributed by atoms with Crippen LogP contribution in [0.3, 0.4) is 0 Å². The summed E-state index contributed by atoms with van der Waals surface area (Å²) >= 11 is 1.32. The van der Waals surface area contributed by atoms with Crippen LogP contribution in [0.15, 0.2) is 29.3 Å². The van der Waals surface area contributed by atoms with E-state index >= 15 is 0 Å². The summed E-state index contributed by atoms with van der Waals surface area (Å²) in [7, 11) is -2.02. The van der Waals surface area contributed by atoms with Gasteiger partial charge in [0.15, 0.2) is 5.01 Å². The highest BCUT2D eigenvalue weighted by Crippen LogP contribution is 2.28. The summed E-state index contributed by atoms with van der Waals surface area (Å²) in [5, 5.41) is 8.46. The number of aromatic amines is 1. The van der Waals surface area contributed by atoms with Gasteiger partial charge in [-0.05, 0) is 38.2 Å². The molecule has 0 bridgehead atoms. The van der Waals surface area contributed by atoms with E-state index in [1.54, 1.807) is 25.1 Å². The van der Waals surface area contributed by atoms with Crippen LogP contribution in [0.25, 0.3) is 10.9 Å². The number of likely N-dealkylation sites (N-methyl/N-ethyl adjacent to an activating group) is 1. The number of amidine groups is 1. The number of aromatic nitrogens is 2. The number of hydrogen-bond donors (Lipinski definition) is 3. The van der Waals surface area contributed by atoms with Gasteiger partial charge in [-0.1, -0.05) is 0 Å². The number of carbonyl (C=O) groups is 2. The van der Waals surface area contributed by atoms with Crippen molar-refractivity contribution in [2.45, 2.75) is 31.0 Å². The zero-order chi connectivity index (χ0) is 27.2. The average molecular weight is 560 g/mol. The maximum Gasteiger partial charge on any atom is 0.330 e. The summed E-state index contributed by atoms with van der Waals surface area (Å²) in [5.74, 6) is -1.18. The molecule has 1 aromatic carbocycles. The van der Waals surface area contributed by atoms with Gasteiger partial charge in [0.05, 0.1) is 12.3 Å². The van der Waals surface area contributed by atoms with Gasteiger partial charge in [0, 0.05) is 60.5 Å². The highest BCUT2D eigenvalue weighted by molar-refractivity contribution is 7.89. The summed E-state index contributed by atoms with van der Waals surface area (Å²) in [6.45, 7) is 3.11. The third-order valence-corrected chi connectivity index (χ3v) is 9.65. The topological polar surface area (TPSA) is 166 Å². The van der Waals surface area contributed by atoms with E-state index in [9.17, 15) is 18.0 Å². The largest absolute Gasteiger partial charge is 0.464 e. The molecule has 2 aliphatic heterocycles. The van der Waals surface area contributed by atoms with Crippen LogP contribution in [-0.4, -0.2) is 96.1 Å². The van der Waals surface area contributed by atoms with Gasteiger partial charge >= 0.3 is 5.97 Å². The predicted octanol–water partition coefficient (Wildman–Crippen LogP) is 0.975. The molecule has 12 nitrogen and oxygen atoms in total. The molecule has 0 aliphatic carbocycles. The number of carbonyl (C=O) groups excluding carboxylic acids is 2. The van der Waals surface area contributed by atoms with E-state index in [1.165, 1.54) is 26.6 Å². The summed E-state index contributed by atoms with van der Waals surface area (Å²) in [6.07, 6.45) is 0.751. The molecule has 2 aliphatic rings. The van der Waals surface area contributed by atoms with Gasteiger partial charge in [-0.15, -0.1) is 11.3 Å². The highest BCUT2D eigenvalue weighted by Gasteiger charge is 2.42. The number of nitrogens with two attached hydrogens (primary N) is 1. The molecule has 1 unspecified atom stereocenters. The van der Waals surface area contributed by atoms with Crippen molar-refractivity contribution >= 4 is 50.0 Å². The minimum Gasteiger partial charge on any atom is -0.464 e. The van der Waals surface area contributed by atoms with Crippen molar-refractivity contribution in [3.8, 4) is 0 Å². The first-order chi connectivity index (χ1) is 18.1. The standard InChI is InChI=1S/C24H29N7O5S2/c1-3-36-24(33)18-12-30(38(34,35)20-11-15-10-14(21(25)26)4-5-16(15)27-20)8-9-31(18)23(32)22-28-17-6-7-29(2)13-19(17)37-22/h4-5,10-11,18,27H,3,6-9,12-13H2,1-2H3,(H3,25,26). The van der Waals surface area contributed by atoms with E-state index in [1.807, 2.05) is 7.05 Å². The Balaban J connectivity index is 1.41. The summed E-state index contributed by atoms with van der Waals surface area (Å²) in [5.41, 5.74) is 7.51. The lowest BCUT2D eigenvalue weighted by Crippen LogP contribution is -2.59. The van der Waals surface area contributed by atoms with Gasteiger partial charge in [0.2, 0.25) is 0 Å². The number of rotatable bonds is 6. The summed E-state index contributed by atoms with van der Waals surface area (Å²) < 4.78 is 33.6. The number of benzene rings is 1. The SMILES string of the molecule is CCOC(=O)C1CN(S(=O)(=O)c2cc3cc(C(=N)N)ccc3[nH]2)CCN1C(=O)c1nc2c(s1)CN(C)CC2. The van der Waals surface area contributed by atoms with Crippen molar-refractivity contribution in [3.63, 3.8) is 0 Å². The van der Waals surface area contributed by atoms with Gasteiger partial charge < -0.3 is 25.3 Å². The third-order valence-electron chi connectivity index (χ3n) is 6.79. The number of nitrogens with zero attached hydrogens (tertiary/aromatic N) is 4. The van der Waals surface area contributed by atoms with Crippen LogP contribution in [0, 0.1) is 5.41 Å². The Hall–Kier alpha value is -3.33. The van der Waals surface area contributed by atoms with Crippen molar-refractivity contribution in [1.82, 2.24) is 24.1 Å². The number of nitrogens with one attached hydrogen (secondary N) is 2. The molecule has 1 amide bonds. The summed E-state index contributed by atoms with van der Waals surface area (Å²) in [6, 6.07) is 5.30. The van der Waals surface area contributed by atoms with E-state index < -0.39 is 27.9 Å². The second-order valence-corrected chi connectivity index (χ2v) is 12.3. The quantitative estimate of drug-likeness (QED) is 0.228. The van der Waals surface area contributed by atoms with Gasteiger partial charge in [-0.3, -0.25) is 10.2 Å². The van der Waals surface area contributed by atoms with E-state index in [2.05, 4.69) is 14.9 Å². The Morgan fingerprint density at radius 3 is 2.79 bits per heavy atom. The molecule has 4 heterocycles. The Kier molecular flexibility index (Phi) is 6.98. The van der Waals surface area contributed by atoms with Crippen molar-refractivity contribution in [3.05, 3.63) is 45.4 Å². The molecule has 0 spiro atoms. The number of H-pyrrole nitrogens is 1. The zero-order valence-electron chi connectivity index (χ0n) is 21.1. The molecule has 3 aromatic rings. The molecule has 1 atom stereocenters.